The molecule has 0 radical (unpaired) electrons. The first-order valence-corrected chi connectivity index (χ1v) is 15.3. The average Bonchev–Trinajstić information content (AvgIpc) is 3.36. The molecule has 1 aromatic heterocycles. The van der Waals surface area contributed by atoms with E-state index in [0.29, 0.717) is 42.5 Å². The van der Waals surface area contributed by atoms with E-state index in [9.17, 15) is 13.2 Å². The van der Waals surface area contributed by atoms with Crippen molar-refractivity contribution in [1.82, 2.24) is 9.29 Å². The van der Waals surface area contributed by atoms with Gasteiger partial charge >= 0.3 is 0 Å². The lowest BCUT2D eigenvalue weighted by Crippen LogP contribution is -2.44. The Bertz CT molecular complexity index is 1430. The van der Waals surface area contributed by atoms with E-state index in [4.69, 9.17) is 4.98 Å². The fourth-order valence-electron chi connectivity index (χ4n) is 4.52. The number of thioether (sulfide) groups is 1. The Balaban J connectivity index is 1.36. The zero-order valence-electron chi connectivity index (χ0n) is 19.9. The second-order valence-corrected chi connectivity index (χ2v) is 12.5. The number of rotatable bonds is 7. The summed E-state index contributed by atoms with van der Waals surface area (Å²) in [4.78, 5) is 21.4. The molecule has 1 aliphatic heterocycles. The van der Waals surface area contributed by atoms with Gasteiger partial charge in [0.05, 0.1) is 21.7 Å². The van der Waals surface area contributed by atoms with E-state index in [1.165, 1.54) is 27.4 Å². The molecule has 0 atom stereocenters. The maximum Gasteiger partial charge on any atom is 0.244 e. The monoisotopic (exact) mass is 537 g/mol. The number of benzene rings is 3. The summed E-state index contributed by atoms with van der Waals surface area (Å²) < 4.78 is 29.2. The molecule has 9 heteroatoms. The minimum atomic E-state index is -3.61. The van der Waals surface area contributed by atoms with Crippen molar-refractivity contribution in [3.63, 3.8) is 0 Å². The Kier molecular flexibility index (Phi) is 7.43. The normalized spacial score (nSPS) is 15.2. The van der Waals surface area contributed by atoms with Gasteiger partial charge in [-0.2, -0.15) is 4.31 Å². The molecule has 2 heterocycles. The second kappa shape index (κ2) is 10.7. The molecule has 0 aliphatic carbocycles. The van der Waals surface area contributed by atoms with Gasteiger partial charge in [0.1, 0.15) is 0 Å². The number of carbonyl (C=O) groups excluding carboxylic acids is 1. The van der Waals surface area contributed by atoms with Crippen LogP contribution in [0.4, 0.5) is 5.13 Å². The minimum Gasteiger partial charge on any atom is -0.283 e. The van der Waals surface area contributed by atoms with Gasteiger partial charge in [-0.3, -0.25) is 9.69 Å². The predicted molar refractivity (Wildman–Crippen MR) is 147 cm³/mol. The number of sulfonamides is 1. The molecular formula is C27H27N3O3S3. The summed E-state index contributed by atoms with van der Waals surface area (Å²) >= 11 is 2.93. The van der Waals surface area contributed by atoms with Crippen LogP contribution in [0.25, 0.3) is 10.2 Å². The molecule has 1 fully saturated rings. The van der Waals surface area contributed by atoms with Crippen molar-refractivity contribution >= 4 is 54.4 Å². The third-order valence-electron chi connectivity index (χ3n) is 6.45. The number of amides is 1. The number of nitrogens with zero attached hydrogens (tertiary/aromatic N) is 3. The number of thiazole rings is 1. The second-order valence-electron chi connectivity index (χ2n) is 8.70. The number of fused-ring (bicyclic) bond motifs is 1. The van der Waals surface area contributed by atoms with Gasteiger partial charge in [0.2, 0.25) is 15.9 Å². The summed E-state index contributed by atoms with van der Waals surface area (Å²) in [6.45, 7) is 1.07. The minimum absolute atomic E-state index is 0.000490. The van der Waals surface area contributed by atoms with Crippen molar-refractivity contribution in [3.05, 3.63) is 84.4 Å². The first kappa shape index (κ1) is 25.0. The topological polar surface area (TPSA) is 70.6 Å². The van der Waals surface area contributed by atoms with Crippen LogP contribution >= 0.6 is 23.1 Å². The number of carbonyl (C=O) groups is 1. The number of hydrogen-bond donors (Lipinski definition) is 0. The maximum atomic E-state index is 13.8. The van der Waals surface area contributed by atoms with Gasteiger partial charge in [-0.25, -0.2) is 13.4 Å². The maximum absolute atomic E-state index is 13.8. The van der Waals surface area contributed by atoms with Crippen molar-refractivity contribution in [2.24, 2.45) is 5.92 Å². The summed E-state index contributed by atoms with van der Waals surface area (Å²) in [7, 11) is -3.61. The third-order valence-corrected chi connectivity index (χ3v) is 10.4. The Labute approximate surface area is 220 Å². The summed E-state index contributed by atoms with van der Waals surface area (Å²) in [5, 5.41) is 0.675. The summed E-state index contributed by atoms with van der Waals surface area (Å²) in [6, 6.07) is 24.9. The first-order valence-electron chi connectivity index (χ1n) is 11.8. The zero-order valence-corrected chi connectivity index (χ0v) is 22.4. The molecule has 0 N–H and O–H groups in total. The van der Waals surface area contributed by atoms with Crippen LogP contribution in [0.1, 0.15) is 18.4 Å². The lowest BCUT2D eigenvalue weighted by molar-refractivity contribution is -0.123. The molecule has 36 heavy (non-hydrogen) atoms. The van der Waals surface area contributed by atoms with Gasteiger partial charge in [0, 0.05) is 23.9 Å². The van der Waals surface area contributed by atoms with E-state index >= 15 is 0 Å². The van der Waals surface area contributed by atoms with Gasteiger partial charge in [0.15, 0.2) is 5.13 Å². The SMILES string of the molecule is CSc1ccccc1S(=O)(=O)N1CCC(C(=O)N(Cc2ccccc2)c2nc3ccccc3s2)CC1. The van der Waals surface area contributed by atoms with Crippen LogP contribution in [0.5, 0.6) is 0 Å². The van der Waals surface area contributed by atoms with Gasteiger partial charge in [0.25, 0.3) is 0 Å². The average molecular weight is 538 g/mol. The van der Waals surface area contributed by atoms with E-state index in [1.807, 2.05) is 73.0 Å². The number of anilines is 1. The van der Waals surface area contributed by atoms with Crippen molar-refractivity contribution in [2.75, 3.05) is 24.2 Å². The van der Waals surface area contributed by atoms with Gasteiger partial charge in [-0.1, -0.05) is 65.9 Å². The van der Waals surface area contributed by atoms with Crippen LogP contribution in [-0.2, 0) is 21.4 Å². The third kappa shape index (κ3) is 5.06. The van der Waals surface area contributed by atoms with E-state index < -0.39 is 10.0 Å². The quantitative estimate of drug-likeness (QED) is 0.285. The molecule has 4 aromatic rings. The van der Waals surface area contributed by atoms with Crippen LogP contribution in [-0.4, -0.2) is 43.0 Å². The number of hydrogen-bond acceptors (Lipinski definition) is 6. The molecule has 1 amide bonds. The first-order chi connectivity index (χ1) is 17.5. The predicted octanol–water partition coefficient (Wildman–Crippen LogP) is 5.65. The molecule has 1 saturated heterocycles. The Morgan fingerprint density at radius 3 is 2.39 bits per heavy atom. The number of para-hydroxylation sites is 1. The molecule has 186 valence electrons. The van der Waals surface area contributed by atoms with Gasteiger partial charge < -0.3 is 0 Å². The lowest BCUT2D eigenvalue weighted by atomic mass is 9.96. The lowest BCUT2D eigenvalue weighted by Gasteiger charge is -2.33. The molecule has 0 unspecified atom stereocenters. The van der Waals surface area contributed by atoms with Gasteiger partial charge in [-0.15, -0.1) is 11.8 Å². The fourth-order valence-corrected chi connectivity index (χ4v) is 8.08. The highest BCUT2D eigenvalue weighted by Gasteiger charge is 2.35. The van der Waals surface area contributed by atoms with E-state index in [-0.39, 0.29) is 11.8 Å². The van der Waals surface area contributed by atoms with Crippen molar-refractivity contribution in [3.8, 4) is 0 Å². The molecule has 5 rings (SSSR count). The van der Waals surface area contributed by atoms with Crippen LogP contribution in [0.15, 0.2) is 88.7 Å². The largest absolute Gasteiger partial charge is 0.283 e. The number of aromatic nitrogens is 1. The fraction of sp³-hybridized carbons (Fsp3) is 0.259. The standard InChI is InChI=1S/C27H27N3O3S3/c1-34-24-13-7-8-14-25(24)36(32,33)29-17-15-21(16-18-29)26(31)30(19-20-9-3-2-4-10-20)27-28-22-11-5-6-12-23(22)35-27/h2-14,21H,15-19H2,1H3. The highest BCUT2D eigenvalue weighted by Crippen LogP contribution is 2.34. The highest BCUT2D eigenvalue weighted by molar-refractivity contribution is 7.99. The molecular weight excluding hydrogens is 511 g/mol. The Hall–Kier alpha value is -2.72. The summed E-state index contributed by atoms with van der Waals surface area (Å²) in [5.41, 5.74) is 1.90. The molecule has 0 spiro atoms. The molecule has 6 nitrogen and oxygen atoms in total. The summed E-state index contributed by atoms with van der Waals surface area (Å²) in [6.07, 6.45) is 2.84. The van der Waals surface area contributed by atoms with Crippen LogP contribution < -0.4 is 4.90 Å². The Morgan fingerprint density at radius 2 is 1.67 bits per heavy atom. The van der Waals surface area contributed by atoms with Gasteiger partial charge in [-0.05, 0) is 48.9 Å². The number of piperidine rings is 1. The van der Waals surface area contributed by atoms with E-state index in [0.717, 1.165) is 20.7 Å². The highest BCUT2D eigenvalue weighted by atomic mass is 32.2. The molecule has 0 saturated carbocycles. The van der Waals surface area contributed by atoms with Crippen molar-refractivity contribution in [2.45, 2.75) is 29.2 Å². The van der Waals surface area contributed by atoms with Crippen LogP contribution in [0, 0.1) is 5.92 Å². The smallest absolute Gasteiger partial charge is 0.244 e. The van der Waals surface area contributed by atoms with Crippen molar-refractivity contribution in [1.29, 1.82) is 0 Å². The molecule has 0 bridgehead atoms. The van der Waals surface area contributed by atoms with Crippen molar-refractivity contribution < 1.29 is 13.2 Å². The van der Waals surface area contributed by atoms with E-state index in [1.54, 1.807) is 17.0 Å². The molecule has 3 aromatic carbocycles. The molecule has 1 aliphatic rings. The Morgan fingerprint density at radius 1 is 1.00 bits per heavy atom. The zero-order chi connectivity index (χ0) is 25.1. The van der Waals surface area contributed by atoms with Crippen LogP contribution in [0.2, 0.25) is 0 Å². The summed E-state index contributed by atoms with van der Waals surface area (Å²) in [5.74, 6) is -0.262. The van der Waals surface area contributed by atoms with Crippen LogP contribution in [0.3, 0.4) is 0 Å². The van der Waals surface area contributed by atoms with E-state index in [2.05, 4.69) is 0 Å².